The number of benzene rings is 2. The third-order valence-electron chi connectivity index (χ3n) is 5.27. The number of carbonyl (C=O) groups excluding carboxylic acids is 2. The van der Waals surface area contributed by atoms with E-state index in [0.717, 1.165) is 49.7 Å². The molecule has 0 bridgehead atoms. The van der Waals surface area contributed by atoms with Crippen LogP contribution in [0, 0.1) is 13.8 Å². The number of hydrogen-bond donors (Lipinski definition) is 3. The van der Waals surface area contributed by atoms with Gasteiger partial charge in [0.05, 0.1) is 19.8 Å². The second-order valence-electron chi connectivity index (χ2n) is 7.93. The smallest absolute Gasteiger partial charge is 0.258 e. The zero-order chi connectivity index (χ0) is 23.8. The van der Waals surface area contributed by atoms with Crippen molar-refractivity contribution in [3.05, 3.63) is 58.1 Å². The number of guanidine groups is 1. The maximum Gasteiger partial charge on any atom is 0.258 e. The minimum absolute atomic E-state index is 0.194. The second-order valence-corrected chi connectivity index (χ2v) is 8.37. The lowest BCUT2D eigenvalue weighted by atomic mass is 10.1. The number of nitrogens with one attached hydrogen (secondary N) is 3. The molecular weight excluding hydrogens is 442 g/mol. The molecule has 0 aliphatic carbocycles. The van der Waals surface area contributed by atoms with E-state index in [0.29, 0.717) is 28.8 Å². The first-order valence-corrected chi connectivity index (χ1v) is 11.3. The Morgan fingerprint density at radius 3 is 2.48 bits per heavy atom. The molecule has 0 radical (unpaired) electrons. The van der Waals surface area contributed by atoms with Gasteiger partial charge in [-0.05, 0) is 55.3 Å². The van der Waals surface area contributed by atoms with Crippen LogP contribution < -0.4 is 16.0 Å². The molecule has 1 heterocycles. The Morgan fingerprint density at radius 2 is 1.79 bits per heavy atom. The van der Waals surface area contributed by atoms with Crippen LogP contribution in [-0.2, 0) is 9.53 Å². The van der Waals surface area contributed by atoms with Gasteiger partial charge in [-0.2, -0.15) is 0 Å². The van der Waals surface area contributed by atoms with Crippen molar-refractivity contribution in [2.45, 2.75) is 20.8 Å². The van der Waals surface area contributed by atoms with Gasteiger partial charge in [-0.3, -0.25) is 24.8 Å². The highest BCUT2D eigenvalue weighted by Crippen LogP contribution is 2.20. The summed E-state index contributed by atoms with van der Waals surface area (Å²) >= 11 is 6.08. The van der Waals surface area contributed by atoms with Gasteiger partial charge >= 0.3 is 0 Å². The average molecular weight is 472 g/mol. The minimum atomic E-state index is -0.328. The van der Waals surface area contributed by atoms with Crippen molar-refractivity contribution in [1.82, 2.24) is 10.2 Å². The predicted molar refractivity (Wildman–Crippen MR) is 132 cm³/mol. The summed E-state index contributed by atoms with van der Waals surface area (Å²) in [4.78, 5) is 31.4. The standard InChI is InChI=1S/C24H30ClN5O3/c1-16-4-5-19(15-22(16)27-18(3)31)23(32)29-24(26-8-9-30-10-12-33-13-11-30)28-21-7-6-20(25)14-17(21)2/h4-7,14-15H,8-13H2,1-3H3,(H,27,31)(H2,26,28,29,32). The van der Waals surface area contributed by atoms with Crippen molar-refractivity contribution in [3.63, 3.8) is 0 Å². The fourth-order valence-corrected chi connectivity index (χ4v) is 3.63. The molecule has 0 unspecified atom stereocenters. The van der Waals surface area contributed by atoms with E-state index in [1.54, 1.807) is 24.3 Å². The molecule has 33 heavy (non-hydrogen) atoms. The summed E-state index contributed by atoms with van der Waals surface area (Å²) in [6.07, 6.45) is 0. The molecule has 1 fully saturated rings. The molecule has 2 aromatic carbocycles. The lowest BCUT2D eigenvalue weighted by molar-refractivity contribution is -0.114. The predicted octanol–water partition coefficient (Wildman–Crippen LogP) is 3.45. The molecule has 0 atom stereocenters. The van der Waals surface area contributed by atoms with Gasteiger partial charge < -0.3 is 15.4 Å². The lowest BCUT2D eigenvalue weighted by Crippen LogP contribution is -2.39. The highest BCUT2D eigenvalue weighted by Gasteiger charge is 2.14. The SMILES string of the molecule is CC(=O)Nc1cc(C(=O)NC(=NCCN2CCOCC2)Nc2ccc(Cl)cc2C)ccc1C. The fourth-order valence-electron chi connectivity index (χ4n) is 3.40. The number of carbonyl (C=O) groups is 2. The zero-order valence-electron chi connectivity index (χ0n) is 19.2. The molecule has 3 N–H and O–H groups in total. The van der Waals surface area contributed by atoms with Crippen LogP contribution in [0.3, 0.4) is 0 Å². The Bertz CT molecular complexity index is 1030. The van der Waals surface area contributed by atoms with E-state index in [1.807, 2.05) is 26.0 Å². The van der Waals surface area contributed by atoms with E-state index < -0.39 is 0 Å². The topological polar surface area (TPSA) is 95.1 Å². The molecule has 1 saturated heterocycles. The minimum Gasteiger partial charge on any atom is -0.379 e. The van der Waals surface area contributed by atoms with Gasteiger partial charge in [-0.25, -0.2) is 0 Å². The molecule has 8 nitrogen and oxygen atoms in total. The van der Waals surface area contributed by atoms with Crippen molar-refractivity contribution < 1.29 is 14.3 Å². The van der Waals surface area contributed by atoms with E-state index in [4.69, 9.17) is 16.3 Å². The number of morpholine rings is 1. The molecule has 2 amide bonds. The van der Waals surface area contributed by atoms with Gasteiger partial charge in [0, 0.05) is 48.5 Å². The molecule has 176 valence electrons. The van der Waals surface area contributed by atoms with Crippen molar-refractivity contribution in [2.75, 3.05) is 50.0 Å². The van der Waals surface area contributed by atoms with Crippen LogP contribution in [-0.4, -0.2) is 62.1 Å². The zero-order valence-corrected chi connectivity index (χ0v) is 20.0. The first kappa shape index (κ1) is 24.7. The molecule has 1 aliphatic heterocycles. The van der Waals surface area contributed by atoms with Gasteiger partial charge in [0.15, 0.2) is 0 Å². The summed E-state index contributed by atoms with van der Waals surface area (Å²) < 4.78 is 5.39. The number of rotatable bonds is 6. The second kappa shape index (κ2) is 11.8. The van der Waals surface area contributed by atoms with Gasteiger partial charge in [-0.1, -0.05) is 17.7 Å². The maximum atomic E-state index is 13.0. The quantitative estimate of drug-likeness (QED) is 0.443. The maximum absolute atomic E-state index is 13.0. The first-order valence-electron chi connectivity index (χ1n) is 10.9. The van der Waals surface area contributed by atoms with Crippen LogP contribution in [0.1, 0.15) is 28.4 Å². The number of aryl methyl sites for hydroxylation is 2. The molecule has 2 aromatic rings. The molecule has 3 rings (SSSR count). The first-order chi connectivity index (χ1) is 15.8. The Labute approximate surface area is 199 Å². The van der Waals surface area contributed by atoms with Gasteiger partial charge in [0.2, 0.25) is 11.9 Å². The van der Waals surface area contributed by atoms with Crippen molar-refractivity contribution >= 4 is 40.7 Å². The van der Waals surface area contributed by atoms with Gasteiger partial charge in [-0.15, -0.1) is 0 Å². The van der Waals surface area contributed by atoms with E-state index in [1.165, 1.54) is 6.92 Å². The Kier molecular flexibility index (Phi) is 8.82. The Hall–Kier alpha value is -2.94. The van der Waals surface area contributed by atoms with E-state index >= 15 is 0 Å². The summed E-state index contributed by atoms with van der Waals surface area (Å²) in [7, 11) is 0. The van der Waals surface area contributed by atoms with Crippen molar-refractivity contribution in [3.8, 4) is 0 Å². The number of amides is 2. The van der Waals surface area contributed by atoms with Crippen molar-refractivity contribution in [1.29, 1.82) is 0 Å². The number of aliphatic imine (C=N–C) groups is 1. The van der Waals surface area contributed by atoms with Crippen LogP contribution >= 0.6 is 11.6 Å². The molecule has 0 aromatic heterocycles. The normalized spacial score (nSPS) is 14.6. The molecule has 0 saturated carbocycles. The number of ether oxygens (including phenoxy) is 1. The van der Waals surface area contributed by atoms with Crippen molar-refractivity contribution in [2.24, 2.45) is 4.99 Å². The Balaban J connectivity index is 1.76. The third kappa shape index (κ3) is 7.56. The van der Waals surface area contributed by atoms with E-state index in [-0.39, 0.29) is 11.8 Å². The van der Waals surface area contributed by atoms with Crippen LogP contribution in [0.5, 0.6) is 0 Å². The number of nitrogens with zero attached hydrogens (tertiary/aromatic N) is 2. The monoisotopic (exact) mass is 471 g/mol. The number of halogens is 1. The molecule has 1 aliphatic rings. The number of anilines is 2. The summed E-state index contributed by atoms with van der Waals surface area (Å²) in [6, 6.07) is 10.6. The van der Waals surface area contributed by atoms with Crippen LogP contribution in [0.2, 0.25) is 5.02 Å². The summed E-state index contributed by atoms with van der Waals surface area (Å²) in [6.45, 7) is 9.70. The highest BCUT2D eigenvalue weighted by molar-refractivity contribution is 6.30. The average Bonchev–Trinajstić information content (AvgIpc) is 2.77. The number of hydrogen-bond acceptors (Lipinski definition) is 5. The highest BCUT2D eigenvalue weighted by atomic mass is 35.5. The van der Waals surface area contributed by atoms with Gasteiger partial charge in [0.1, 0.15) is 0 Å². The molecule has 9 heteroatoms. The van der Waals surface area contributed by atoms with E-state index in [9.17, 15) is 9.59 Å². The largest absolute Gasteiger partial charge is 0.379 e. The lowest BCUT2D eigenvalue weighted by Gasteiger charge is -2.25. The molecular formula is C24H30ClN5O3. The van der Waals surface area contributed by atoms with Crippen LogP contribution in [0.25, 0.3) is 0 Å². The van der Waals surface area contributed by atoms with Crippen LogP contribution in [0.4, 0.5) is 11.4 Å². The van der Waals surface area contributed by atoms with Gasteiger partial charge in [0.25, 0.3) is 5.91 Å². The summed E-state index contributed by atoms with van der Waals surface area (Å²) in [5.74, 6) is -0.174. The Morgan fingerprint density at radius 1 is 1.03 bits per heavy atom. The molecule has 0 spiro atoms. The summed E-state index contributed by atoms with van der Waals surface area (Å²) in [5.41, 5.74) is 3.62. The fraction of sp³-hybridized carbons (Fsp3) is 0.375. The van der Waals surface area contributed by atoms with Crippen LogP contribution in [0.15, 0.2) is 41.4 Å². The summed E-state index contributed by atoms with van der Waals surface area (Å²) in [5, 5.41) is 9.48. The third-order valence-corrected chi connectivity index (χ3v) is 5.51. The van der Waals surface area contributed by atoms with E-state index in [2.05, 4.69) is 25.8 Å².